The number of carbonyl (C=O) groups excluding carboxylic acids is 2. The van der Waals surface area contributed by atoms with Crippen LogP contribution in [-0.4, -0.2) is 38.7 Å². The van der Waals surface area contributed by atoms with Crippen LogP contribution in [0.4, 0.5) is 5.69 Å². The number of hydrogen-bond donors (Lipinski definition) is 3. The molecule has 3 N–H and O–H groups in total. The Morgan fingerprint density at radius 1 is 1.24 bits per heavy atom. The normalized spacial score (nSPS) is 10.7. The molecular weight excluding hydrogens is 485 g/mol. The predicted molar refractivity (Wildman–Crippen MR) is 113 cm³/mol. The minimum atomic E-state index is -0.591. The van der Waals surface area contributed by atoms with Crippen molar-refractivity contribution in [3.05, 3.63) is 68.0 Å². The van der Waals surface area contributed by atoms with Gasteiger partial charge in [0.2, 0.25) is 0 Å². The van der Waals surface area contributed by atoms with Crippen molar-refractivity contribution in [3.8, 4) is 5.82 Å². The van der Waals surface area contributed by atoms with Crippen LogP contribution in [-0.2, 0) is 6.61 Å². The fourth-order valence-electron chi connectivity index (χ4n) is 2.64. The lowest BCUT2D eigenvalue weighted by Crippen LogP contribution is -2.24. The Morgan fingerprint density at radius 3 is 2.66 bits per heavy atom. The summed E-state index contributed by atoms with van der Waals surface area (Å²) in [6, 6.07) is 7.62. The zero-order valence-corrected chi connectivity index (χ0v) is 18.0. The first-order valence-corrected chi connectivity index (χ1v) is 9.73. The number of anilines is 1. The number of rotatable bonds is 5. The molecule has 150 valence electrons. The molecule has 29 heavy (non-hydrogen) atoms. The molecule has 3 aromatic rings. The topological polar surface area (TPSA) is 109 Å². The zero-order chi connectivity index (χ0) is 21.1. The summed E-state index contributed by atoms with van der Waals surface area (Å²) in [5.74, 6) is -0.804. The van der Waals surface area contributed by atoms with Crippen LogP contribution in [0.2, 0.25) is 10.0 Å². The summed E-state index contributed by atoms with van der Waals surface area (Å²) in [6.45, 7) is -0.435. The number of hydrogen-bond acceptors (Lipinski definition) is 5. The Bertz CT molecular complexity index is 1100. The number of amides is 2. The van der Waals surface area contributed by atoms with Gasteiger partial charge in [-0.1, -0.05) is 23.2 Å². The van der Waals surface area contributed by atoms with Gasteiger partial charge in [0.25, 0.3) is 11.8 Å². The lowest BCUT2D eigenvalue weighted by molar-refractivity contribution is 0.0964. The van der Waals surface area contributed by atoms with Crippen LogP contribution < -0.4 is 10.6 Å². The lowest BCUT2D eigenvalue weighted by Gasteiger charge is -2.15. The largest absolute Gasteiger partial charge is 0.392 e. The molecule has 0 aliphatic carbocycles. The van der Waals surface area contributed by atoms with Crippen LogP contribution in [0.5, 0.6) is 0 Å². The van der Waals surface area contributed by atoms with E-state index in [1.54, 1.807) is 12.1 Å². The van der Waals surface area contributed by atoms with Crippen LogP contribution in [0.1, 0.15) is 26.4 Å². The van der Waals surface area contributed by atoms with Gasteiger partial charge in [0.05, 0.1) is 22.9 Å². The number of halogens is 3. The van der Waals surface area contributed by atoms with E-state index in [4.69, 9.17) is 23.2 Å². The smallest absolute Gasteiger partial charge is 0.274 e. The van der Waals surface area contributed by atoms with Gasteiger partial charge in [-0.05, 0) is 40.2 Å². The van der Waals surface area contributed by atoms with E-state index in [0.717, 1.165) is 0 Å². The highest BCUT2D eigenvalue weighted by Crippen LogP contribution is 2.28. The van der Waals surface area contributed by atoms with Crippen LogP contribution in [0, 0.1) is 0 Å². The van der Waals surface area contributed by atoms with Gasteiger partial charge in [0.1, 0.15) is 10.3 Å². The Kier molecular flexibility index (Phi) is 6.53. The Morgan fingerprint density at radius 2 is 2.00 bits per heavy atom. The van der Waals surface area contributed by atoms with Gasteiger partial charge in [-0.25, -0.2) is 9.67 Å². The monoisotopic (exact) mass is 497 g/mol. The molecule has 11 heteroatoms. The number of nitrogens with zero attached hydrogens (tertiary/aromatic N) is 3. The van der Waals surface area contributed by atoms with Gasteiger partial charge in [-0.2, -0.15) is 5.10 Å². The molecule has 0 aliphatic rings. The van der Waals surface area contributed by atoms with E-state index in [0.29, 0.717) is 9.63 Å². The van der Waals surface area contributed by atoms with E-state index in [1.165, 1.54) is 36.1 Å². The number of benzene rings is 1. The highest BCUT2D eigenvalue weighted by atomic mass is 79.9. The van der Waals surface area contributed by atoms with Gasteiger partial charge in [-0.3, -0.25) is 9.59 Å². The average molecular weight is 499 g/mol. The summed E-state index contributed by atoms with van der Waals surface area (Å²) < 4.78 is 1.66. The van der Waals surface area contributed by atoms with Crippen molar-refractivity contribution in [3.63, 3.8) is 0 Å². The van der Waals surface area contributed by atoms with Crippen LogP contribution in [0.25, 0.3) is 5.82 Å². The van der Waals surface area contributed by atoms with Crippen molar-refractivity contribution < 1.29 is 14.7 Å². The molecule has 0 saturated carbocycles. The molecule has 0 radical (unpaired) electrons. The van der Waals surface area contributed by atoms with E-state index in [-0.39, 0.29) is 33.3 Å². The molecule has 0 saturated heterocycles. The SMILES string of the molecule is CNC(=O)c1cc(Cl)cc(CO)c1NC(=O)c1cc(Br)nn1-c1ncccc1Cl. The van der Waals surface area contributed by atoms with Crippen molar-refractivity contribution >= 4 is 56.6 Å². The van der Waals surface area contributed by atoms with Crippen LogP contribution in [0.3, 0.4) is 0 Å². The average Bonchev–Trinajstić information content (AvgIpc) is 3.10. The molecule has 1 aromatic carbocycles. The summed E-state index contributed by atoms with van der Waals surface area (Å²) in [5.41, 5.74) is 0.639. The third-order valence-electron chi connectivity index (χ3n) is 3.92. The number of aromatic nitrogens is 3. The second-order valence-corrected chi connectivity index (χ2v) is 7.41. The molecule has 0 atom stereocenters. The Hall–Kier alpha value is -2.46. The van der Waals surface area contributed by atoms with Crippen molar-refractivity contribution in [1.29, 1.82) is 0 Å². The Balaban J connectivity index is 2.07. The van der Waals surface area contributed by atoms with Crippen molar-refractivity contribution in [1.82, 2.24) is 20.1 Å². The number of aliphatic hydroxyl groups is 1. The number of pyridine rings is 1. The number of nitrogens with one attached hydrogen (secondary N) is 2. The van der Waals surface area contributed by atoms with Gasteiger partial charge in [0.15, 0.2) is 5.82 Å². The molecule has 2 heterocycles. The summed E-state index contributed by atoms with van der Waals surface area (Å²) in [4.78, 5) is 29.5. The van der Waals surface area contributed by atoms with Gasteiger partial charge in [-0.15, -0.1) is 0 Å². The lowest BCUT2D eigenvalue weighted by atomic mass is 10.1. The number of carbonyl (C=O) groups is 2. The maximum absolute atomic E-state index is 13.0. The van der Waals surface area contributed by atoms with Gasteiger partial charge < -0.3 is 15.7 Å². The highest BCUT2D eigenvalue weighted by Gasteiger charge is 2.22. The second-order valence-electron chi connectivity index (χ2n) is 5.75. The standard InChI is InChI=1S/C18H14BrCl2N5O3/c1-22-17(28)11-6-10(20)5-9(8-27)15(11)24-18(29)13-7-14(19)25-26(13)16-12(21)3-2-4-23-16/h2-7,27H,8H2,1H3,(H,22,28)(H,24,29). The van der Waals surface area contributed by atoms with Crippen molar-refractivity contribution in [2.24, 2.45) is 0 Å². The summed E-state index contributed by atoms with van der Waals surface area (Å²) in [7, 11) is 1.45. The van der Waals surface area contributed by atoms with Crippen molar-refractivity contribution in [2.45, 2.75) is 6.61 Å². The third kappa shape index (κ3) is 4.43. The first-order chi connectivity index (χ1) is 13.8. The maximum atomic E-state index is 13.0. The fourth-order valence-corrected chi connectivity index (χ4v) is 3.45. The minimum Gasteiger partial charge on any atom is -0.392 e. The fraction of sp³-hybridized carbons (Fsp3) is 0.111. The molecule has 0 unspecified atom stereocenters. The summed E-state index contributed by atoms with van der Waals surface area (Å²) >= 11 is 15.5. The molecule has 0 fully saturated rings. The van der Waals surface area contributed by atoms with Crippen molar-refractivity contribution in [2.75, 3.05) is 12.4 Å². The Labute approximate surface area is 184 Å². The van der Waals surface area contributed by atoms with E-state index in [1.807, 2.05) is 0 Å². The van der Waals surface area contributed by atoms with Crippen LogP contribution in [0.15, 0.2) is 41.1 Å². The second kappa shape index (κ2) is 8.91. The minimum absolute atomic E-state index is 0.110. The molecule has 8 nitrogen and oxygen atoms in total. The molecule has 0 bridgehead atoms. The molecule has 0 spiro atoms. The van der Waals surface area contributed by atoms with E-state index < -0.39 is 18.4 Å². The third-order valence-corrected chi connectivity index (χ3v) is 4.82. The van der Waals surface area contributed by atoms with Crippen LogP contribution >= 0.6 is 39.1 Å². The quantitative estimate of drug-likeness (QED) is 0.499. The van der Waals surface area contributed by atoms with E-state index >= 15 is 0 Å². The van der Waals surface area contributed by atoms with Gasteiger partial charge in [0, 0.05) is 29.9 Å². The molecule has 3 rings (SSSR count). The van der Waals surface area contributed by atoms with E-state index in [2.05, 4.69) is 36.6 Å². The first-order valence-electron chi connectivity index (χ1n) is 8.18. The molecule has 0 aliphatic heterocycles. The molecule has 2 amide bonds. The first kappa shape index (κ1) is 21.3. The summed E-state index contributed by atoms with van der Waals surface area (Å²) in [5, 5.41) is 19.6. The summed E-state index contributed by atoms with van der Waals surface area (Å²) in [6.07, 6.45) is 1.52. The number of aliphatic hydroxyl groups excluding tert-OH is 1. The highest BCUT2D eigenvalue weighted by molar-refractivity contribution is 9.10. The molecule has 2 aromatic heterocycles. The van der Waals surface area contributed by atoms with E-state index in [9.17, 15) is 14.7 Å². The predicted octanol–water partition coefficient (Wildman–Crippen LogP) is 3.44. The maximum Gasteiger partial charge on any atom is 0.274 e. The zero-order valence-electron chi connectivity index (χ0n) is 14.9. The molecular formula is C18H14BrCl2N5O3. The van der Waals surface area contributed by atoms with Gasteiger partial charge >= 0.3 is 0 Å².